The first-order valence-corrected chi connectivity index (χ1v) is 9.86. The maximum Gasteiger partial charge on any atom is 0.133 e. The van der Waals surface area contributed by atoms with Crippen LogP contribution >= 0.6 is 15.9 Å². The molecule has 1 unspecified atom stereocenters. The Kier molecular flexibility index (Phi) is 4.10. The Hall–Kier alpha value is -2.43. The average molecular weight is 419 g/mol. The van der Waals surface area contributed by atoms with Crippen LogP contribution in [-0.2, 0) is 0 Å². The minimum atomic E-state index is -0.0185. The molecule has 2 heterocycles. The van der Waals surface area contributed by atoms with Crippen molar-refractivity contribution >= 4 is 21.6 Å². The number of aliphatic imine (C=N–C) groups is 1. The zero-order valence-corrected chi connectivity index (χ0v) is 16.5. The first-order chi connectivity index (χ1) is 13.3. The van der Waals surface area contributed by atoms with Crippen molar-refractivity contribution in [1.29, 1.82) is 0 Å². The molecule has 0 N–H and O–H groups in total. The Labute approximate surface area is 167 Å². The fourth-order valence-electron chi connectivity index (χ4n) is 4.10. The van der Waals surface area contributed by atoms with Gasteiger partial charge in [0.2, 0.25) is 0 Å². The molecule has 0 saturated carbocycles. The number of benzene rings is 3. The molecule has 3 aromatic rings. The van der Waals surface area contributed by atoms with Crippen molar-refractivity contribution in [2.24, 2.45) is 4.99 Å². The number of halogens is 1. The standard InChI is InChI=1S/C23H19BrN2O/c1-27-19-10-6-5-9-18(19)23-25-20(15-11-13-17(24)14-12-15)22-21(26(22)23)16-7-3-2-4-8-16/h2-14,21-23H,1H3/t21-,22-,23+,26?/m1/s1. The van der Waals surface area contributed by atoms with Gasteiger partial charge in [0.05, 0.1) is 24.9 Å². The highest BCUT2D eigenvalue weighted by atomic mass is 79.9. The number of ether oxygens (including phenoxy) is 1. The normalized spacial score (nSPS) is 25.6. The van der Waals surface area contributed by atoms with Gasteiger partial charge in [-0.2, -0.15) is 0 Å². The largest absolute Gasteiger partial charge is 0.496 e. The highest BCUT2D eigenvalue weighted by Gasteiger charge is 2.59. The summed E-state index contributed by atoms with van der Waals surface area (Å²) in [4.78, 5) is 7.60. The van der Waals surface area contributed by atoms with E-state index in [1.54, 1.807) is 7.11 Å². The molecule has 2 aliphatic rings. The number of hydrogen-bond donors (Lipinski definition) is 0. The van der Waals surface area contributed by atoms with Gasteiger partial charge in [-0.05, 0) is 29.3 Å². The minimum Gasteiger partial charge on any atom is -0.496 e. The molecule has 0 amide bonds. The molecule has 0 aromatic heterocycles. The Bertz CT molecular complexity index is 1000. The fraction of sp³-hybridized carbons (Fsp3) is 0.174. The van der Waals surface area contributed by atoms with E-state index >= 15 is 0 Å². The van der Waals surface area contributed by atoms with Gasteiger partial charge in [0.1, 0.15) is 11.9 Å². The topological polar surface area (TPSA) is 24.6 Å². The van der Waals surface area contributed by atoms with E-state index < -0.39 is 0 Å². The summed E-state index contributed by atoms with van der Waals surface area (Å²) in [6.45, 7) is 0. The number of hydrogen-bond acceptors (Lipinski definition) is 3. The molecule has 4 atom stereocenters. The maximum atomic E-state index is 5.62. The molecular formula is C23H19BrN2O. The Morgan fingerprint density at radius 2 is 1.56 bits per heavy atom. The van der Waals surface area contributed by atoms with Gasteiger partial charge in [-0.15, -0.1) is 0 Å². The number of rotatable bonds is 4. The van der Waals surface area contributed by atoms with Crippen molar-refractivity contribution in [3.05, 3.63) is 100 Å². The monoisotopic (exact) mass is 418 g/mol. The van der Waals surface area contributed by atoms with Crippen LogP contribution in [-0.4, -0.2) is 23.8 Å². The lowest BCUT2D eigenvalue weighted by molar-refractivity contribution is 0.366. The molecule has 0 radical (unpaired) electrons. The van der Waals surface area contributed by atoms with Crippen LogP contribution in [0, 0.1) is 0 Å². The first-order valence-electron chi connectivity index (χ1n) is 9.07. The summed E-state index contributed by atoms with van der Waals surface area (Å²) in [5, 5.41) is 0. The predicted molar refractivity (Wildman–Crippen MR) is 111 cm³/mol. The summed E-state index contributed by atoms with van der Waals surface area (Å²) in [7, 11) is 1.72. The Morgan fingerprint density at radius 1 is 0.852 bits per heavy atom. The van der Waals surface area contributed by atoms with E-state index in [1.165, 1.54) is 11.1 Å². The molecular weight excluding hydrogens is 400 g/mol. The van der Waals surface area contributed by atoms with Gasteiger partial charge >= 0.3 is 0 Å². The summed E-state index contributed by atoms with van der Waals surface area (Å²) in [6.07, 6.45) is -0.0185. The van der Waals surface area contributed by atoms with Crippen LogP contribution < -0.4 is 4.74 Å². The molecule has 3 nitrogen and oxygen atoms in total. The fourth-order valence-corrected chi connectivity index (χ4v) is 4.36. The SMILES string of the molecule is COc1ccccc1[C@H]1N=C(c2ccc(Br)cc2)[C@@H]2[C@@H](c3ccccc3)N12. The molecule has 3 aromatic carbocycles. The highest BCUT2D eigenvalue weighted by molar-refractivity contribution is 9.10. The second-order valence-corrected chi connectivity index (χ2v) is 7.80. The van der Waals surface area contributed by atoms with Gasteiger partial charge in [0.25, 0.3) is 0 Å². The second-order valence-electron chi connectivity index (χ2n) is 6.88. The van der Waals surface area contributed by atoms with Crippen molar-refractivity contribution in [1.82, 2.24) is 4.90 Å². The third kappa shape index (κ3) is 2.80. The average Bonchev–Trinajstić information content (AvgIpc) is 3.34. The molecule has 1 saturated heterocycles. The lowest BCUT2D eigenvalue weighted by Gasteiger charge is -2.17. The van der Waals surface area contributed by atoms with Gasteiger partial charge < -0.3 is 4.74 Å². The zero-order valence-electron chi connectivity index (χ0n) is 14.9. The van der Waals surface area contributed by atoms with Gasteiger partial charge in [-0.1, -0.05) is 76.6 Å². The number of para-hydroxylation sites is 1. The van der Waals surface area contributed by atoms with Crippen molar-refractivity contribution in [3.8, 4) is 5.75 Å². The molecule has 2 aliphatic heterocycles. The van der Waals surface area contributed by atoms with Crippen LogP contribution in [0.2, 0.25) is 0 Å². The summed E-state index contributed by atoms with van der Waals surface area (Å²) in [5.74, 6) is 0.890. The lowest BCUT2D eigenvalue weighted by Crippen LogP contribution is -2.08. The van der Waals surface area contributed by atoms with Gasteiger partial charge in [0, 0.05) is 10.0 Å². The first kappa shape index (κ1) is 16.7. The molecule has 5 rings (SSSR count). The zero-order chi connectivity index (χ0) is 18.4. The van der Waals surface area contributed by atoms with Crippen LogP contribution in [0.1, 0.15) is 28.9 Å². The molecule has 1 fully saturated rings. The van der Waals surface area contributed by atoms with E-state index in [2.05, 4.69) is 87.6 Å². The molecule has 27 heavy (non-hydrogen) atoms. The van der Waals surface area contributed by atoms with E-state index in [0.717, 1.165) is 21.5 Å². The smallest absolute Gasteiger partial charge is 0.133 e. The number of nitrogens with zero attached hydrogens (tertiary/aromatic N) is 2. The Morgan fingerprint density at radius 3 is 2.30 bits per heavy atom. The van der Waals surface area contributed by atoms with E-state index in [0.29, 0.717) is 12.1 Å². The van der Waals surface area contributed by atoms with Crippen molar-refractivity contribution in [2.75, 3.05) is 7.11 Å². The van der Waals surface area contributed by atoms with Crippen molar-refractivity contribution < 1.29 is 4.74 Å². The van der Waals surface area contributed by atoms with E-state index in [4.69, 9.17) is 9.73 Å². The van der Waals surface area contributed by atoms with Gasteiger partial charge in [-0.25, -0.2) is 0 Å². The lowest BCUT2D eigenvalue weighted by atomic mass is 10.0. The van der Waals surface area contributed by atoms with Crippen LogP contribution in [0.3, 0.4) is 0 Å². The molecule has 0 bridgehead atoms. The minimum absolute atomic E-state index is 0.0185. The van der Waals surface area contributed by atoms with Crippen LogP contribution in [0.5, 0.6) is 5.75 Å². The van der Waals surface area contributed by atoms with E-state index in [9.17, 15) is 0 Å². The second kappa shape index (κ2) is 6.63. The van der Waals surface area contributed by atoms with Gasteiger partial charge in [-0.3, -0.25) is 9.89 Å². The molecule has 134 valence electrons. The maximum absolute atomic E-state index is 5.62. The van der Waals surface area contributed by atoms with Crippen LogP contribution in [0.4, 0.5) is 0 Å². The molecule has 0 spiro atoms. The van der Waals surface area contributed by atoms with Crippen molar-refractivity contribution in [2.45, 2.75) is 18.2 Å². The van der Waals surface area contributed by atoms with Crippen LogP contribution in [0.15, 0.2) is 88.3 Å². The van der Waals surface area contributed by atoms with Crippen LogP contribution in [0.25, 0.3) is 0 Å². The summed E-state index contributed by atoms with van der Waals surface area (Å²) >= 11 is 3.53. The highest BCUT2D eigenvalue weighted by Crippen LogP contribution is 2.56. The number of methoxy groups -OCH3 is 1. The number of fused-ring (bicyclic) bond motifs is 1. The Balaban J connectivity index is 1.59. The molecule has 0 aliphatic carbocycles. The summed E-state index contributed by atoms with van der Waals surface area (Å²) in [6, 6.07) is 28.0. The summed E-state index contributed by atoms with van der Waals surface area (Å²) in [5.41, 5.74) is 4.80. The van der Waals surface area contributed by atoms with E-state index in [-0.39, 0.29) is 6.17 Å². The predicted octanol–water partition coefficient (Wildman–Crippen LogP) is 5.38. The van der Waals surface area contributed by atoms with Gasteiger partial charge in [0.15, 0.2) is 0 Å². The quantitative estimate of drug-likeness (QED) is 0.530. The molecule has 4 heteroatoms. The third-order valence-electron chi connectivity index (χ3n) is 5.37. The van der Waals surface area contributed by atoms with E-state index in [1.807, 2.05) is 12.1 Å². The summed E-state index contributed by atoms with van der Waals surface area (Å²) < 4.78 is 6.70. The van der Waals surface area contributed by atoms with Crippen molar-refractivity contribution in [3.63, 3.8) is 0 Å². The third-order valence-corrected chi connectivity index (χ3v) is 5.90.